The van der Waals surface area contributed by atoms with Gasteiger partial charge in [-0.25, -0.2) is 12.8 Å². The monoisotopic (exact) mass is 460 g/mol. The van der Waals surface area contributed by atoms with E-state index in [2.05, 4.69) is 5.32 Å². The predicted molar refractivity (Wildman–Crippen MR) is 120 cm³/mol. The molecule has 0 radical (unpaired) electrons. The number of sulfonamides is 1. The Balaban J connectivity index is 1.91. The first kappa shape index (κ1) is 22.8. The van der Waals surface area contributed by atoms with Crippen molar-refractivity contribution < 1.29 is 17.6 Å². The molecule has 0 saturated carbocycles. The fourth-order valence-electron chi connectivity index (χ4n) is 3.02. The van der Waals surface area contributed by atoms with Crippen molar-refractivity contribution in [3.8, 4) is 0 Å². The van der Waals surface area contributed by atoms with Crippen LogP contribution in [0, 0.1) is 19.7 Å². The molecule has 5 nitrogen and oxygen atoms in total. The number of hydrogen-bond donors (Lipinski definition) is 1. The second-order valence-corrected chi connectivity index (χ2v) is 9.46. The summed E-state index contributed by atoms with van der Waals surface area (Å²) < 4.78 is 41.2. The van der Waals surface area contributed by atoms with E-state index in [1.165, 1.54) is 30.3 Å². The number of nitrogens with zero attached hydrogens (tertiary/aromatic N) is 1. The Morgan fingerprint density at radius 3 is 2.42 bits per heavy atom. The molecule has 0 aliphatic rings. The molecule has 0 heterocycles. The average molecular weight is 461 g/mol. The molecule has 1 N–H and O–H groups in total. The minimum Gasteiger partial charge on any atom is -0.350 e. The van der Waals surface area contributed by atoms with Crippen molar-refractivity contribution in [3.05, 3.63) is 94.3 Å². The maximum atomic E-state index is 13.4. The van der Waals surface area contributed by atoms with E-state index in [1.807, 2.05) is 6.92 Å². The maximum absolute atomic E-state index is 13.4. The third-order valence-electron chi connectivity index (χ3n) is 4.71. The Labute approximate surface area is 186 Å². The molecular formula is C23H22ClFN2O3S. The fourth-order valence-corrected chi connectivity index (χ4v) is 4.67. The van der Waals surface area contributed by atoms with E-state index >= 15 is 0 Å². The van der Waals surface area contributed by atoms with Crippen LogP contribution in [0.5, 0.6) is 0 Å². The van der Waals surface area contributed by atoms with Crippen molar-refractivity contribution in [1.29, 1.82) is 0 Å². The van der Waals surface area contributed by atoms with Crippen molar-refractivity contribution in [3.63, 3.8) is 0 Å². The summed E-state index contributed by atoms with van der Waals surface area (Å²) in [6.07, 6.45) is 0. The lowest BCUT2D eigenvalue weighted by Gasteiger charge is -2.26. The standard InChI is InChI=1S/C23H22ClFN2O3S/c1-16-6-10-21(11-7-16)31(29,30)27(22-13-19(24)9-8-17(22)2)15-23(28)26-14-18-4-3-5-20(25)12-18/h3-13H,14-15H2,1-2H3,(H,26,28). The van der Waals surface area contributed by atoms with Crippen LogP contribution in [0.4, 0.5) is 10.1 Å². The molecule has 0 aliphatic heterocycles. The third kappa shape index (κ3) is 5.62. The molecule has 3 aromatic rings. The van der Waals surface area contributed by atoms with Gasteiger partial charge in [-0.05, 0) is 61.4 Å². The van der Waals surface area contributed by atoms with Crippen molar-refractivity contribution in [2.24, 2.45) is 0 Å². The van der Waals surface area contributed by atoms with Crippen LogP contribution < -0.4 is 9.62 Å². The third-order valence-corrected chi connectivity index (χ3v) is 6.72. The Morgan fingerprint density at radius 1 is 1.03 bits per heavy atom. The highest BCUT2D eigenvalue weighted by molar-refractivity contribution is 7.92. The van der Waals surface area contributed by atoms with Gasteiger partial charge in [-0.3, -0.25) is 9.10 Å². The van der Waals surface area contributed by atoms with Gasteiger partial charge >= 0.3 is 0 Å². The Morgan fingerprint density at radius 2 is 1.74 bits per heavy atom. The number of anilines is 1. The number of rotatable bonds is 7. The zero-order valence-electron chi connectivity index (χ0n) is 17.1. The second kappa shape index (κ2) is 9.49. The molecular weight excluding hydrogens is 439 g/mol. The van der Waals surface area contributed by atoms with Crippen molar-refractivity contribution in [1.82, 2.24) is 5.32 Å². The topological polar surface area (TPSA) is 66.5 Å². The molecule has 0 aromatic heterocycles. The normalized spacial score (nSPS) is 11.2. The van der Waals surface area contributed by atoms with Gasteiger partial charge in [-0.1, -0.05) is 47.5 Å². The van der Waals surface area contributed by atoms with Crippen LogP contribution in [0.3, 0.4) is 0 Å². The average Bonchev–Trinajstić information content (AvgIpc) is 2.73. The summed E-state index contributed by atoms with van der Waals surface area (Å²) in [5.74, 6) is -0.941. The summed E-state index contributed by atoms with van der Waals surface area (Å²) in [6, 6.07) is 17.1. The van der Waals surface area contributed by atoms with Crippen LogP contribution in [0.25, 0.3) is 0 Å². The lowest BCUT2D eigenvalue weighted by atomic mass is 10.2. The fraction of sp³-hybridized carbons (Fsp3) is 0.174. The largest absolute Gasteiger partial charge is 0.350 e. The van der Waals surface area contributed by atoms with E-state index in [0.717, 1.165) is 9.87 Å². The van der Waals surface area contributed by atoms with Gasteiger partial charge in [0.1, 0.15) is 12.4 Å². The van der Waals surface area contributed by atoms with Crippen LogP contribution in [0.15, 0.2) is 71.6 Å². The van der Waals surface area contributed by atoms with Crippen LogP contribution in [0.1, 0.15) is 16.7 Å². The number of halogens is 2. The minimum atomic E-state index is -4.04. The molecule has 0 unspecified atom stereocenters. The van der Waals surface area contributed by atoms with Gasteiger partial charge in [0.2, 0.25) is 5.91 Å². The summed E-state index contributed by atoms with van der Waals surface area (Å²) in [5, 5.41) is 3.00. The van der Waals surface area contributed by atoms with Crippen molar-refractivity contribution >= 4 is 33.2 Å². The predicted octanol–water partition coefficient (Wildman–Crippen LogP) is 4.61. The molecule has 8 heteroatoms. The molecule has 31 heavy (non-hydrogen) atoms. The highest BCUT2D eigenvalue weighted by atomic mass is 35.5. The molecule has 0 bridgehead atoms. The van der Waals surface area contributed by atoms with Gasteiger partial charge in [0.25, 0.3) is 10.0 Å². The van der Waals surface area contributed by atoms with Crippen LogP contribution >= 0.6 is 11.6 Å². The summed E-state index contributed by atoms with van der Waals surface area (Å²) in [5.41, 5.74) is 2.45. The summed E-state index contributed by atoms with van der Waals surface area (Å²) in [4.78, 5) is 12.7. The Bertz CT molecular complexity index is 1200. The lowest BCUT2D eigenvalue weighted by Crippen LogP contribution is -2.41. The number of aryl methyl sites for hydroxylation is 2. The van der Waals surface area contributed by atoms with Gasteiger partial charge in [-0.15, -0.1) is 0 Å². The maximum Gasteiger partial charge on any atom is 0.264 e. The van der Waals surface area contributed by atoms with Crippen molar-refractivity contribution in [2.45, 2.75) is 25.3 Å². The van der Waals surface area contributed by atoms with Gasteiger partial charge in [0, 0.05) is 11.6 Å². The second-order valence-electron chi connectivity index (χ2n) is 7.16. The molecule has 162 valence electrons. The Hall–Kier alpha value is -2.90. The first-order valence-corrected chi connectivity index (χ1v) is 11.4. The number of carbonyl (C=O) groups is 1. The molecule has 0 atom stereocenters. The summed E-state index contributed by atoms with van der Waals surface area (Å²) >= 11 is 6.11. The quantitative estimate of drug-likeness (QED) is 0.560. The Kier molecular flexibility index (Phi) is 6.97. The number of carbonyl (C=O) groups excluding carboxylic acids is 1. The van der Waals surface area contributed by atoms with Gasteiger partial charge in [0.15, 0.2) is 0 Å². The lowest BCUT2D eigenvalue weighted by molar-refractivity contribution is -0.119. The molecule has 1 amide bonds. The SMILES string of the molecule is Cc1ccc(S(=O)(=O)N(CC(=O)NCc2cccc(F)c2)c2cc(Cl)ccc2C)cc1. The van der Waals surface area contributed by atoms with E-state index in [0.29, 0.717) is 21.8 Å². The van der Waals surface area contributed by atoms with E-state index in [4.69, 9.17) is 11.6 Å². The highest BCUT2D eigenvalue weighted by Crippen LogP contribution is 2.29. The summed E-state index contributed by atoms with van der Waals surface area (Å²) in [6.45, 7) is 3.22. The highest BCUT2D eigenvalue weighted by Gasteiger charge is 2.28. The van der Waals surface area contributed by atoms with E-state index < -0.39 is 28.3 Å². The van der Waals surface area contributed by atoms with Gasteiger partial charge in [0.05, 0.1) is 10.6 Å². The van der Waals surface area contributed by atoms with E-state index in [-0.39, 0.29) is 11.4 Å². The first-order valence-electron chi connectivity index (χ1n) is 9.53. The molecule has 3 aromatic carbocycles. The zero-order chi connectivity index (χ0) is 22.6. The summed E-state index contributed by atoms with van der Waals surface area (Å²) in [7, 11) is -4.04. The van der Waals surface area contributed by atoms with Gasteiger partial charge < -0.3 is 5.32 Å². The molecule has 0 aliphatic carbocycles. The zero-order valence-corrected chi connectivity index (χ0v) is 18.7. The van der Waals surface area contributed by atoms with Crippen LogP contribution in [-0.4, -0.2) is 20.9 Å². The minimum absolute atomic E-state index is 0.0652. The number of amides is 1. The number of hydrogen-bond acceptors (Lipinski definition) is 3. The smallest absolute Gasteiger partial charge is 0.264 e. The molecule has 3 rings (SSSR count). The number of benzene rings is 3. The first-order chi connectivity index (χ1) is 14.7. The van der Waals surface area contributed by atoms with Crippen LogP contribution in [-0.2, 0) is 21.4 Å². The van der Waals surface area contributed by atoms with E-state index in [9.17, 15) is 17.6 Å². The van der Waals surface area contributed by atoms with Crippen molar-refractivity contribution in [2.75, 3.05) is 10.8 Å². The molecule has 0 saturated heterocycles. The number of nitrogens with one attached hydrogen (secondary N) is 1. The van der Waals surface area contributed by atoms with Crippen LogP contribution in [0.2, 0.25) is 5.02 Å². The molecule has 0 fully saturated rings. The molecule has 0 spiro atoms. The van der Waals surface area contributed by atoms with Gasteiger partial charge in [-0.2, -0.15) is 0 Å². The van der Waals surface area contributed by atoms with E-state index in [1.54, 1.807) is 43.3 Å².